The Labute approximate surface area is 102 Å². The zero-order chi connectivity index (χ0) is 13.1. The Balaban J connectivity index is 2.65. The van der Waals surface area contributed by atoms with Crippen molar-refractivity contribution in [2.75, 3.05) is 12.3 Å². The molecule has 96 valence electrons. The zero-order valence-electron chi connectivity index (χ0n) is 10.7. The molecule has 0 atom stereocenters. The van der Waals surface area contributed by atoms with Gasteiger partial charge in [-0.1, -0.05) is 13.8 Å². The predicted molar refractivity (Wildman–Crippen MR) is 67.7 cm³/mol. The lowest BCUT2D eigenvalue weighted by molar-refractivity contribution is 0.0312. The number of anilines is 1. The third kappa shape index (κ3) is 3.23. The molecule has 1 heterocycles. The van der Waals surface area contributed by atoms with E-state index in [4.69, 9.17) is 5.73 Å². The van der Waals surface area contributed by atoms with Crippen molar-refractivity contribution in [2.45, 2.75) is 32.3 Å². The molecule has 0 aliphatic heterocycles. The lowest BCUT2D eigenvalue weighted by atomic mass is 9.97. The summed E-state index contributed by atoms with van der Waals surface area (Å²) in [4.78, 5) is 11.9. The monoisotopic (exact) mass is 239 g/mol. The normalized spacial score (nSPS) is 11.5. The summed E-state index contributed by atoms with van der Waals surface area (Å²) >= 11 is 0. The van der Waals surface area contributed by atoms with Crippen LogP contribution in [0.15, 0.2) is 12.3 Å². The molecular weight excluding hydrogens is 218 g/mol. The molecule has 5 nitrogen and oxygen atoms in total. The number of carbonyl (C=O) groups is 1. The van der Waals surface area contributed by atoms with Gasteiger partial charge < -0.3 is 20.7 Å². The molecule has 0 saturated carbocycles. The number of aryl methyl sites for hydroxylation is 1. The lowest BCUT2D eigenvalue weighted by Crippen LogP contribution is -2.42. The molecule has 0 aliphatic carbocycles. The summed E-state index contributed by atoms with van der Waals surface area (Å²) in [5.41, 5.74) is 5.83. The van der Waals surface area contributed by atoms with Gasteiger partial charge in [0.25, 0.3) is 5.91 Å². The van der Waals surface area contributed by atoms with Crippen molar-refractivity contribution in [2.24, 2.45) is 7.05 Å². The Morgan fingerprint density at radius 2 is 2.12 bits per heavy atom. The van der Waals surface area contributed by atoms with Gasteiger partial charge in [-0.25, -0.2) is 0 Å². The van der Waals surface area contributed by atoms with Crippen LogP contribution >= 0.6 is 0 Å². The fourth-order valence-corrected chi connectivity index (χ4v) is 1.65. The standard InChI is InChI=1S/C12H21N3O2/c1-4-12(17,5-2)8-14-11(16)10-6-9(13)7-15(10)3/h6-7,17H,4-5,8,13H2,1-3H3,(H,14,16). The van der Waals surface area contributed by atoms with E-state index in [1.54, 1.807) is 23.9 Å². The Bertz CT molecular complexity index is 394. The largest absolute Gasteiger partial charge is 0.397 e. The summed E-state index contributed by atoms with van der Waals surface area (Å²) < 4.78 is 1.67. The number of hydrogen-bond donors (Lipinski definition) is 3. The topological polar surface area (TPSA) is 80.3 Å². The van der Waals surface area contributed by atoms with E-state index in [1.807, 2.05) is 13.8 Å². The van der Waals surface area contributed by atoms with Gasteiger partial charge in [0.2, 0.25) is 0 Å². The molecule has 1 amide bonds. The second-order valence-corrected chi connectivity index (χ2v) is 4.38. The second-order valence-electron chi connectivity index (χ2n) is 4.38. The Kier molecular flexibility index (Phi) is 4.17. The summed E-state index contributed by atoms with van der Waals surface area (Å²) in [6.07, 6.45) is 2.90. The van der Waals surface area contributed by atoms with Crippen LogP contribution in [0.1, 0.15) is 37.2 Å². The molecule has 0 aromatic carbocycles. The minimum absolute atomic E-state index is 0.218. The molecule has 0 saturated heterocycles. The number of nitrogens with one attached hydrogen (secondary N) is 1. The average molecular weight is 239 g/mol. The van der Waals surface area contributed by atoms with Gasteiger partial charge in [0.15, 0.2) is 0 Å². The third-order valence-electron chi connectivity index (χ3n) is 3.15. The van der Waals surface area contributed by atoms with E-state index in [-0.39, 0.29) is 12.5 Å². The molecule has 0 fully saturated rings. The fourth-order valence-electron chi connectivity index (χ4n) is 1.65. The summed E-state index contributed by atoms with van der Waals surface area (Å²) in [6.45, 7) is 4.05. The van der Waals surface area contributed by atoms with Crippen LogP contribution in [0.2, 0.25) is 0 Å². The number of rotatable bonds is 5. The first-order valence-electron chi connectivity index (χ1n) is 5.84. The molecule has 0 bridgehead atoms. The van der Waals surface area contributed by atoms with Crippen molar-refractivity contribution in [3.8, 4) is 0 Å². The number of aliphatic hydroxyl groups is 1. The van der Waals surface area contributed by atoms with Crippen LogP contribution in [0.4, 0.5) is 5.69 Å². The highest BCUT2D eigenvalue weighted by Gasteiger charge is 2.23. The van der Waals surface area contributed by atoms with E-state index in [0.717, 1.165) is 0 Å². The maximum Gasteiger partial charge on any atom is 0.268 e. The van der Waals surface area contributed by atoms with Crippen molar-refractivity contribution in [1.29, 1.82) is 0 Å². The van der Waals surface area contributed by atoms with Crippen molar-refractivity contribution in [3.63, 3.8) is 0 Å². The Hall–Kier alpha value is -1.49. The van der Waals surface area contributed by atoms with E-state index < -0.39 is 5.60 Å². The van der Waals surface area contributed by atoms with Crippen LogP contribution in [0.5, 0.6) is 0 Å². The molecular formula is C12H21N3O2. The summed E-state index contributed by atoms with van der Waals surface area (Å²) in [5, 5.41) is 12.8. The summed E-state index contributed by atoms with van der Waals surface area (Å²) in [7, 11) is 1.76. The second kappa shape index (κ2) is 5.23. The molecule has 0 unspecified atom stereocenters. The van der Waals surface area contributed by atoms with Crippen LogP contribution < -0.4 is 11.1 Å². The fraction of sp³-hybridized carbons (Fsp3) is 0.583. The van der Waals surface area contributed by atoms with E-state index in [1.165, 1.54) is 0 Å². The minimum atomic E-state index is -0.827. The third-order valence-corrected chi connectivity index (χ3v) is 3.15. The predicted octanol–water partition coefficient (Wildman–Crippen LogP) is 0.888. The number of nitrogens with two attached hydrogens (primary N) is 1. The van der Waals surface area contributed by atoms with Gasteiger partial charge in [-0.2, -0.15) is 0 Å². The first-order valence-corrected chi connectivity index (χ1v) is 5.84. The SMILES string of the molecule is CCC(O)(CC)CNC(=O)c1cc(N)cn1C. The van der Waals surface area contributed by atoms with Crippen LogP contribution in [0.3, 0.4) is 0 Å². The molecule has 1 aromatic rings. The highest BCUT2D eigenvalue weighted by Crippen LogP contribution is 2.14. The van der Waals surface area contributed by atoms with Crippen LogP contribution in [0.25, 0.3) is 0 Å². The van der Waals surface area contributed by atoms with Gasteiger partial charge in [0.05, 0.1) is 11.3 Å². The molecule has 1 aromatic heterocycles. The number of aromatic nitrogens is 1. The Morgan fingerprint density at radius 1 is 1.53 bits per heavy atom. The quantitative estimate of drug-likeness (QED) is 0.713. The van der Waals surface area contributed by atoms with E-state index >= 15 is 0 Å². The minimum Gasteiger partial charge on any atom is -0.397 e. The lowest BCUT2D eigenvalue weighted by Gasteiger charge is -2.25. The van der Waals surface area contributed by atoms with Gasteiger partial charge in [0.1, 0.15) is 5.69 Å². The van der Waals surface area contributed by atoms with Crippen molar-refractivity contribution in [3.05, 3.63) is 18.0 Å². The highest BCUT2D eigenvalue weighted by molar-refractivity contribution is 5.93. The molecule has 0 aliphatic rings. The maximum absolute atomic E-state index is 11.9. The Morgan fingerprint density at radius 3 is 2.53 bits per heavy atom. The maximum atomic E-state index is 11.9. The van der Waals surface area contributed by atoms with E-state index in [2.05, 4.69) is 5.32 Å². The molecule has 0 spiro atoms. The smallest absolute Gasteiger partial charge is 0.268 e. The van der Waals surface area contributed by atoms with Gasteiger partial charge >= 0.3 is 0 Å². The zero-order valence-corrected chi connectivity index (χ0v) is 10.7. The summed E-state index contributed by atoms with van der Waals surface area (Å²) in [5.74, 6) is -0.218. The average Bonchev–Trinajstić information content (AvgIpc) is 2.65. The van der Waals surface area contributed by atoms with Crippen molar-refractivity contribution in [1.82, 2.24) is 9.88 Å². The number of nitrogens with zero attached hydrogens (tertiary/aromatic N) is 1. The van der Waals surface area contributed by atoms with E-state index in [0.29, 0.717) is 24.2 Å². The number of amides is 1. The molecule has 4 N–H and O–H groups in total. The van der Waals surface area contributed by atoms with Crippen LogP contribution in [-0.2, 0) is 7.05 Å². The van der Waals surface area contributed by atoms with Crippen molar-refractivity contribution < 1.29 is 9.90 Å². The van der Waals surface area contributed by atoms with Gasteiger partial charge in [0, 0.05) is 19.8 Å². The van der Waals surface area contributed by atoms with Crippen molar-refractivity contribution >= 4 is 11.6 Å². The number of carbonyl (C=O) groups excluding carboxylic acids is 1. The molecule has 5 heteroatoms. The number of hydrogen-bond acceptors (Lipinski definition) is 3. The van der Waals surface area contributed by atoms with Gasteiger partial charge in [-0.15, -0.1) is 0 Å². The molecule has 0 radical (unpaired) electrons. The highest BCUT2D eigenvalue weighted by atomic mass is 16.3. The first-order chi connectivity index (χ1) is 7.91. The van der Waals surface area contributed by atoms with Gasteiger partial charge in [-0.3, -0.25) is 4.79 Å². The van der Waals surface area contributed by atoms with Gasteiger partial charge in [-0.05, 0) is 18.9 Å². The van der Waals surface area contributed by atoms with Crippen LogP contribution in [-0.4, -0.2) is 27.7 Å². The summed E-state index contributed by atoms with van der Waals surface area (Å²) in [6, 6.07) is 1.62. The number of nitrogen functional groups attached to an aromatic ring is 1. The van der Waals surface area contributed by atoms with E-state index in [9.17, 15) is 9.90 Å². The van der Waals surface area contributed by atoms with Crippen LogP contribution in [0, 0.1) is 0 Å². The molecule has 17 heavy (non-hydrogen) atoms. The first kappa shape index (κ1) is 13.6. The molecule has 1 rings (SSSR count).